The van der Waals surface area contributed by atoms with E-state index in [1.165, 1.54) is 37.7 Å². The third kappa shape index (κ3) is 1.79. The molecule has 5 rings (SSSR count). The van der Waals surface area contributed by atoms with Crippen LogP contribution in [0.2, 0.25) is 0 Å². The molecule has 0 aliphatic heterocycles. The van der Waals surface area contributed by atoms with Crippen LogP contribution >= 0.6 is 15.9 Å². The van der Waals surface area contributed by atoms with Gasteiger partial charge in [0.05, 0.1) is 11.6 Å². The van der Waals surface area contributed by atoms with Crippen LogP contribution in [0.15, 0.2) is 22.7 Å². The number of halogens is 1. The van der Waals surface area contributed by atoms with Crippen LogP contribution in [0.25, 0.3) is 0 Å². The van der Waals surface area contributed by atoms with E-state index in [4.69, 9.17) is 10.5 Å². The first-order chi connectivity index (χ1) is 9.61. The number of hydrogen-bond acceptors (Lipinski definition) is 2. The molecule has 0 aromatic heterocycles. The van der Waals surface area contributed by atoms with Crippen LogP contribution in [-0.4, -0.2) is 13.2 Å². The predicted octanol–water partition coefficient (Wildman–Crippen LogP) is 3.86. The maximum absolute atomic E-state index is 6.45. The molecule has 20 heavy (non-hydrogen) atoms. The predicted molar refractivity (Wildman–Crippen MR) is 83.9 cm³/mol. The summed E-state index contributed by atoms with van der Waals surface area (Å²) in [5, 5.41) is 0. The average Bonchev–Trinajstić information content (AvgIpc) is 2.43. The summed E-state index contributed by atoms with van der Waals surface area (Å²) in [6, 6.07) is 7.14. The number of methoxy groups -OCH3 is 1. The molecule has 108 valence electrons. The van der Waals surface area contributed by atoms with E-state index in [2.05, 4.69) is 34.1 Å². The Morgan fingerprint density at radius 3 is 2.50 bits per heavy atom. The first kappa shape index (κ1) is 13.1. The summed E-state index contributed by atoms with van der Waals surface area (Å²) in [6.07, 6.45) is 6.69. The van der Waals surface area contributed by atoms with Gasteiger partial charge in [-0.05, 0) is 88.9 Å². The highest BCUT2D eigenvalue weighted by atomic mass is 79.9. The van der Waals surface area contributed by atoms with Crippen molar-refractivity contribution in [3.63, 3.8) is 0 Å². The second kappa shape index (κ2) is 4.48. The Morgan fingerprint density at radius 1 is 1.20 bits per heavy atom. The first-order valence-electron chi connectivity index (χ1n) is 7.71. The lowest BCUT2D eigenvalue weighted by atomic mass is 9.46. The van der Waals surface area contributed by atoms with Crippen molar-refractivity contribution >= 4 is 15.9 Å². The van der Waals surface area contributed by atoms with Crippen molar-refractivity contribution in [3.8, 4) is 5.75 Å². The third-order valence-corrected chi connectivity index (χ3v) is 6.73. The smallest absolute Gasteiger partial charge is 0.133 e. The van der Waals surface area contributed by atoms with Crippen molar-refractivity contribution in [2.45, 2.75) is 43.6 Å². The molecule has 4 fully saturated rings. The SMILES string of the molecule is COc1ccc(C23CC4CC(C2)C(N)C(C4)C3)cc1Br. The lowest BCUT2D eigenvalue weighted by molar-refractivity contribution is -0.0226. The molecule has 4 aliphatic carbocycles. The topological polar surface area (TPSA) is 35.2 Å². The van der Waals surface area contributed by atoms with Gasteiger partial charge in [-0.2, -0.15) is 0 Å². The van der Waals surface area contributed by atoms with Crippen LogP contribution < -0.4 is 10.5 Å². The van der Waals surface area contributed by atoms with Gasteiger partial charge >= 0.3 is 0 Å². The van der Waals surface area contributed by atoms with Crippen molar-refractivity contribution in [1.82, 2.24) is 0 Å². The van der Waals surface area contributed by atoms with Crippen molar-refractivity contribution in [2.75, 3.05) is 7.11 Å². The molecule has 2 atom stereocenters. The van der Waals surface area contributed by atoms with Gasteiger partial charge in [-0.15, -0.1) is 0 Å². The molecular weight excluding hydrogens is 314 g/mol. The molecule has 0 spiro atoms. The van der Waals surface area contributed by atoms with Crippen LogP contribution in [0.4, 0.5) is 0 Å². The Morgan fingerprint density at radius 2 is 1.90 bits per heavy atom. The monoisotopic (exact) mass is 335 g/mol. The summed E-state index contributed by atoms with van der Waals surface area (Å²) in [7, 11) is 1.73. The van der Waals surface area contributed by atoms with Gasteiger partial charge in [0.2, 0.25) is 0 Å². The molecule has 2 N–H and O–H groups in total. The van der Waals surface area contributed by atoms with Gasteiger partial charge in [-0.25, -0.2) is 0 Å². The quantitative estimate of drug-likeness (QED) is 0.890. The van der Waals surface area contributed by atoms with E-state index in [9.17, 15) is 0 Å². The molecule has 1 aromatic rings. The molecule has 0 amide bonds. The molecule has 2 unspecified atom stereocenters. The Balaban J connectivity index is 1.73. The largest absolute Gasteiger partial charge is 0.496 e. The number of rotatable bonds is 2. The molecule has 0 saturated heterocycles. The van der Waals surface area contributed by atoms with Gasteiger partial charge in [0.1, 0.15) is 5.75 Å². The van der Waals surface area contributed by atoms with E-state index in [-0.39, 0.29) is 0 Å². The number of hydrogen-bond donors (Lipinski definition) is 1. The summed E-state index contributed by atoms with van der Waals surface area (Å²) in [5.74, 6) is 3.34. The summed E-state index contributed by atoms with van der Waals surface area (Å²) in [5.41, 5.74) is 8.34. The molecule has 4 aliphatic rings. The first-order valence-corrected chi connectivity index (χ1v) is 8.50. The van der Waals surface area contributed by atoms with E-state index in [0.717, 1.165) is 28.0 Å². The van der Waals surface area contributed by atoms with E-state index in [1.54, 1.807) is 7.11 Å². The Hall–Kier alpha value is -0.540. The second-order valence-electron chi connectivity index (χ2n) is 7.18. The average molecular weight is 336 g/mol. The number of ether oxygens (including phenoxy) is 1. The molecule has 3 heteroatoms. The second-order valence-corrected chi connectivity index (χ2v) is 8.03. The number of benzene rings is 1. The van der Waals surface area contributed by atoms with Gasteiger partial charge in [-0.1, -0.05) is 6.07 Å². The normalized spacial score (nSPS) is 42.0. The van der Waals surface area contributed by atoms with Crippen molar-refractivity contribution in [1.29, 1.82) is 0 Å². The molecule has 4 saturated carbocycles. The molecule has 0 heterocycles. The van der Waals surface area contributed by atoms with Crippen molar-refractivity contribution in [3.05, 3.63) is 28.2 Å². The van der Waals surface area contributed by atoms with Gasteiger partial charge < -0.3 is 10.5 Å². The zero-order valence-corrected chi connectivity index (χ0v) is 13.5. The molecule has 1 aromatic carbocycles. The minimum absolute atomic E-state index is 0.390. The van der Waals surface area contributed by atoms with Gasteiger partial charge in [0.15, 0.2) is 0 Å². The van der Waals surface area contributed by atoms with E-state index >= 15 is 0 Å². The minimum Gasteiger partial charge on any atom is -0.496 e. The lowest BCUT2D eigenvalue weighted by Crippen LogP contribution is -2.58. The summed E-state index contributed by atoms with van der Waals surface area (Å²) in [6.45, 7) is 0. The zero-order valence-electron chi connectivity index (χ0n) is 11.9. The molecule has 2 nitrogen and oxygen atoms in total. The van der Waals surface area contributed by atoms with E-state index in [1.807, 2.05) is 0 Å². The standard InChI is InChI=1S/C17H22BrNO/c1-20-15-3-2-13(6-14(15)18)17-7-10-4-11(8-17)16(19)12(5-10)9-17/h2-3,6,10-12,16H,4-5,7-9,19H2,1H3. The fourth-order valence-electron chi connectivity index (χ4n) is 5.41. The summed E-state index contributed by atoms with van der Waals surface area (Å²) < 4.78 is 6.45. The van der Waals surface area contributed by atoms with E-state index < -0.39 is 0 Å². The van der Waals surface area contributed by atoms with Crippen LogP contribution in [0.5, 0.6) is 5.75 Å². The van der Waals surface area contributed by atoms with Crippen LogP contribution in [-0.2, 0) is 5.41 Å². The summed E-state index contributed by atoms with van der Waals surface area (Å²) >= 11 is 3.65. The highest BCUT2D eigenvalue weighted by molar-refractivity contribution is 9.10. The molecule has 0 radical (unpaired) electrons. The Kier molecular flexibility index (Phi) is 2.94. The molecular formula is C17H22BrNO. The van der Waals surface area contributed by atoms with Gasteiger partial charge in [-0.3, -0.25) is 0 Å². The van der Waals surface area contributed by atoms with Crippen molar-refractivity contribution < 1.29 is 4.74 Å². The zero-order chi connectivity index (χ0) is 13.9. The van der Waals surface area contributed by atoms with Crippen LogP contribution in [0.3, 0.4) is 0 Å². The highest BCUT2D eigenvalue weighted by Crippen LogP contribution is 2.60. The van der Waals surface area contributed by atoms with Crippen LogP contribution in [0.1, 0.15) is 37.7 Å². The third-order valence-electron chi connectivity index (χ3n) is 6.11. The van der Waals surface area contributed by atoms with Crippen molar-refractivity contribution in [2.24, 2.45) is 23.5 Å². The maximum atomic E-state index is 6.45. The maximum Gasteiger partial charge on any atom is 0.133 e. The lowest BCUT2D eigenvalue weighted by Gasteiger charge is -2.59. The Labute approximate surface area is 129 Å². The van der Waals surface area contributed by atoms with Gasteiger partial charge in [0, 0.05) is 6.04 Å². The Bertz CT molecular complexity index is 528. The fourth-order valence-corrected chi connectivity index (χ4v) is 5.95. The minimum atomic E-state index is 0.390. The van der Waals surface area contributed by atoms with E-state index in [0.29, 0.717) is 11.5 Å². The number of nitrogens with two attached hydrogens (primary N) is 1. The van der Waals surface area contributed by atoms with Crippen LogP contribution in [0, 0.1) is 17.8 Å². The van der Waals surface area contributed by atoms with Gasteiger partial charge in [0.25, 0.3) is 0 Å². The summed E-state index contributed by atoms with van der Waals surface area (Å²) in [4.78, 5) is 0. The highest BCUT2D eigenvalue weighted by Gasteiger charge is 2.54. The fraction of sp³-hybridized carbons (Fsp3) is 0.647. The molecule has 4 bridgehead atoms.